The molecule has 3 heterocycles. The quantitative estimate of drug-likeness (QED) is 0.594. The van der Waals surface area contributed by atoms with Crippen molar-refractivity contribution in [3.05, 3.63) is 63.9 Å². The van der Waals surface area contributed by atoms with Crippen LogP contribution in [0.3, 0.4) is 0 Å². The fraction of sp³-hybridized carbons (Fsp3) is 0.364. The summed E-state index contributed by atoms with van der Waals surface area (Å²) in [7, 11) is -1.88. The van der Waals surface area contributed by atoms with Gasteiger partial charge in [0.1, 0.15) is 9.90 Å². The molecule has 1 aromatic carbocycles. The maximum atomic E-state index is 13.1. The molecule has 1 amide bonds. The van der Waals surface area contributed by atoms with Gasteiger partial charge in [-0.3, -0.25) is 14.3 Å². The maximum Gasteiger partial charge on any atom is 0.295 e. The van der Waals surface area contributed by atoms with Crippen LogP contribution in [0.15, 0.2) is 56.8 Å². The highest BCUT2D eigenvalue weighted by Gasteiger charge is 2.35. The minimum absolute atomic E-state index is 0.00369. The van der Waals surface area contributed by atoms with E-state index in [4.69, 9.17) is 0 Å². The number of amides is 1. The first-order valence-corrected chi connectivity index (χ1v) is 12.8. The van der Waals surface area contributed by atoms with Gasteiger partial charge in [-0.1, -0.05) is 30.7 Å². The van der Waals surface area contributed by atoms with Gasteiger partial charge in [0.25, 0.3) is 15.6 Å². The number of benzene rings is 1. The number of nitrogens with zero attached hydrogens (tertiary/aromatic N) is 3. The minimum atomic E-state index is -3.64. The Morgan fingerprint density at radius 1 is 1.16 bits per heavy atom. The number of hydrogen-bond donors (Lipinski definition) is 1. The van der Waals surface area contributed by atoms with Crippen molar-refractivity contribution in [1.82, 2.24) is 13.7 Å². The second-order valence-electron chi connectivity index (χ2n) is 7.89. The summed E-state index contributed by atoms with van der Waals surface area (Å²) in [5, 5.41) is 4.48. The number of rotatable bonds is 6. The lowest BCUT2D eigenvalue weighted by molar-refractivity contribution is -0.117. The number of para-hydroxylation sites is 1. The van der Waals surface area contributed by atoms with E-state index in [9.17, 15) is 18.0 Å². The van der Waals surface area contributed by atoms with Crippen LogP contribution in [0.1, 0.15) is 31.4 Å². The van der Waals surface area contributed by atoms with Crippen LogP contribution in [0, 0.1) is 6.92 Å². The molecule has 1 fully saturated rings. The topological polar surface area (TPSA) is 93.4 Å². The number of anilines is 1. The number of nitrogens with one attached hydrogen (secondary N) is 1. The highest BCUT2D eigenvalue weighted by molar-refractivity contribution is 7.91. The van der Waals surface area contributed by atoms with Gasteiger partial charge < -0.3 is 5.32 Å². The fourth-order valence-corrected chi connectivity index (χ4v) is 6.95. The van der Waals surface area contributed by atoms with Crippen molar-refractivity contribution in [3.8, 4) is 5.69 Å². The van der Waals surface area contributed by atoms with E-state index in [2.05, 4.69) is 5.32 Å². The molecule has 10 heteroatoms. The largest absolute Gasteiger partial charge is 0.320 e. The number of carbonyl (C=O) groups is 1. The number of carbonyl (C=O) groups excluding carboxylic acids is 1. The zero-order valence-electron chi connectivity index (χ0n) is 18.0. The van der Waals surface area contributed by atoms with Crippen LogP contribution in [0.5, 0.6) is 0 Å². The zero-order valence-corrected chi connectivity index (χ0v) is 19.7. The van der Waals surface area contributed by atoms with Gasteiger partial charge >= 0.3 is 0 Å². The van der Waals surface area contributed by atoms with Crippen molar-refractivity contribution in [2.24, 2.45) is 7.05 Å². The van der Waals surface area contributed by atoms with Gasteiger partial charge in [0.15, 0.2) is 0 Å². The fourth-order valence-electron chi connectivity index (χ4n) is 4.14. The molecular weight excluding hydrogens is 448 g/mol. The lowest BCUT2D eigenvalue weighted by atomic mass is 10.0. The molecule has 0 unspecified atom stereocenters. The Balaban J connectivity index is 1.55. The Hall–Kier alpha value is -2.69. The normalized spacial score (nSPS) is 17.4. The SMILES string of the molecule is Cc1c(NC(=O)C[C@@H]2CCCCN2S(=O)(=O)c2cccs2)c(=O)n(-c2ccccc2)n1C. The summed E-state index contributed by atoms with van der Waals surface area (Å²) >= 11 is 1.18. The van der Waals surface area contributed by atoms with Crippen molar-refractivity contribution in [3.63, 3.8) is 0 Å². The molecule has 1 saturated heterocycles. The zero-order chi connectivity index (χ0) is 22.9. The monoisotopic (exact) mass is 474 g/mol. The number of piperidine rings is 1. The molecule has 0 spiro atoms. The molecule has 0 aliphatic carbocycles. The number of sulfonamides is 1. The summed E-state index contributed by atoms with van der Waals surface area (Å²) < 4.78 is 31.0. The first kappa shape index (κ1) is 22.5. The average molecular weight is 475 g/mol. The van der Waals surface area contributed by atoms with Crippen LogP contribution in [0.25, 0.3) is 5.69 Å². The van der Waals surface area contributed by atoms with E-state index in [1.807, 2.05) is 30.3 Å². The third-order valence-corrected chi connectivity index (χ3v) is 9.20. The van der Waals surface area contributed by atoms with Crippen LogP contribution in [0.4, 0.5) is 5.69 Å². The van der Waals surface area contributed by atoms with Gasteiger partial charge in [-0.05, 0) is 43.3 Å². The first-order valence-electron chi connectivity index (χ1n) is 10.5. The first-order chi connectivity index (χ1) is 15.3. The second kappa shape index (κ2) is 9.05. The molecule has 1 atom stereocenters. The van der Waals surface area contributed by atoms with Crippen LogP contribution in [0.2, 0.25) is 0 Å². The Kier molecular flexibility index (Phi) is 6.36. The summed E-state index contributed by atoms with van der Waals surface area (Å²) in [6, 6.07) is 12.1. The Morgan fingerprint density at radius 3 is 2.59 bits per heavy atom. The smallest absolute Gasteiger partial charge is 0.295 e. The molecular formula is C22H26N4O4S2. The van der Waals surface area contributed by atoms with E-state index in [1.165, 1.54) is 20.3 Å². The molecule has 2 aromatic heterocycles. The molecule has 1 N–H and O–H groups in total. The van der Waals surface area contributed by atoms with E-state index < -0.39 is 16.1 Å². The molecule has 0 radical (unpaired) electrons. The highest BCUT2D eigenvalue weighted by atomic mass is 32.2. The number of hydrogen-bond acceptors (Lipinski definition) is 5. The van der Waals surface area contributed by atoms with E-state index in [0.717, 1.165) is 12.8 Å². The molecule has 1 aliphatic rings. The predicted octanol–water partition coefficient (Wildman–Crippen LogP) is 3.12. The predicted molar refractivity (Wildman–Crippen MR) is 125 cm³/mol. The standard InChI is InChI=1S/C22H26N4O4S2/c1-16-21(22(28)26(24(16)2)17-9-4-3-5-10-17)23-19(27)15-18-11-6-7-13-25(18)32(29,30)20-12-8-14-31-20/h3-5,8-10,12,14,18H,6-7,11,13,15H2,1-2H3,(H,23,27)/t18-/m0/s1. The molecule has 8 nitrogen and oxygen atoms in total. The van der Waals surface area contributed by atoms with Crippen LogP contribution in [-0.4, -0.2) is 40.6 Å². The number of aromatic nitrogens is 2. The molecule has 4 rings (SSSR count). The van der Waals surface area contributed by atoms with Gasteiger partial charge in [0.05, 0.1) is 11.4 Å². The Bertz CT molecular complexity index is 1260. The third-order valence-electron chi connectivity index (χ3n) is 5.87. The minimum Gasteiger partial charge on any atom is -0.320 e. The summed E-state index contributed by atoms with van der Waals surface area (Å²) in [4.78, 5) is 26.0. The van der Waals surface area contributed by atoms with E-state index in [0.29, 0.717) is 24.3 Å². The van der Waals surface area contributed by atoms with Gasteiger partial charge in [-0.2, -0.15) is 4.31 Å². The van der Waals surface area contributed by atoms with Crippen molar-refractivity contribution >= 4 is 33.0 Å². The highest BCUT2D eigenvalue weighted by Crippen LogP contribution is 2.29. The third kappa shape index (κ3) is 4.17. The second-order valence-corrected chi connectivity index (χ2v) is 11.0. The molecule has 170 valence electrons. The van der Waals surface area contributed by atoms with Crippen LogP contribution in [-0.2, 0) is 21.9 Å². The summed E-state index contributed by atoms with van der Waals surface area (Å²) in [5.74, 6) is -0.366. The van der Waals surface area contributed by atoms with Crippen molar-refractivity contribution in [2.45, 2.75) is 42.9 Å². The average Bonchev–Trinajstić information content (AvgIpc) is 3.39. The van der Waals surface area contributed by atoms with Gasteiger partial charge in [-0.15, -0.1) is 11.3 Å². The number of thiophene rings is 1. The van der Waals surface area contributed by atoms with E-state index in [-0.39, 0.29) is 27.8 Å². The molecule has 0 bridgehead atoms. The Morgan fingerprint density at radius 2 is 1.91 bits per heavy atom. The van der Waals surface area contributed by atoms with Gasteiger partial charge in [-0.25, -0.2) is 13.1 Å². The maximum absolute atomic E-state index is 13.1. The summed E-state index contributed by atoms with van der Waals surface area (Å²) in [6.45, 7) is 2.16. The van der Waals surface area contributed by atoms with Crippen LogP contribution < -0.4 is 10.9 Å². The van der Waals surface area contributed by atoms with Gasteiger partial charge in [0.2, 0.25) is 5.91 Å². The van der Waals surface area contributed by atoms with E-state index in [1.54, 1.807) is 36.2 Å². The van der Waals surface area contributed by atoms with Crippen molar-refractivity contribution in [1.29, 1.82) is 0 Å². The summed E-state index contributed by atoms with van der Waals surface area (Å²) in [5.41, 5.74) is 1.21. The van der Waals surface area contributed by atoms with Crippen LogP contribution >= 0.6 is 11.3 Å². The molecule has 32 heavy (non-hydrogen) atoms. The van der Waals surface area contributed by atoms with E-state index >= 15 is 0 Å². The molecule has 3 aromatic rings. The molecule has 0 saturated carbocycles. The molecule has 1 aliphatic heterocycles. The van der Waals surface area contributed by atoms with Crippen molar-refractivity contribution < 1.29 is 13.2 Å². The lowest BCUT2D eigenvalue weighted by Gasteiger charge is -2.33. The van der Waals surface area contributed by atoms with Gasteiger partial charge in [0, 0.05) is 26.1 Å². The van der Waals surface area contributed by atoms with Crippen molar-refractivity contribution in [2.75, 3.05) is 11.9 Å². The summed E-state index contributed by atoms with van der Waals surface area (Å²) in [6.07, 6.45) is 2.24. The Labute approximate surface area is 191 Å². The lowest BCUT2D eigenvalue weighted by Crippen LogP contribution is -2.45.